The third kappa shape index (κ3) is 4.33. The summed E-state index contributed by atoms with van der Waals surface area (Å²) in [6, 6.07) is 11.9. The number of halogens is 1. The molecule has 3 aromatic heterocycles. The number of anilines is 1. The fourth-order valence-corrected chi connectivity index (χ4v) is 3.91. The minimum Gasteiger partial charge on any atom is -0.493 e. The number of fused-ring (bicyclic) bond motifs is 1. The quantitative estimate of drug-likeness (QED) is 0.352. The molecule has 5 rings (SSSR count). The van der Waals surface area contributed by atoms with E-state index in [4.69, 9.17) is 13.9 Å². The van der Waals surface area contributed by atoms with Gasteiger partial charge in [-0.3, -0.25) is 9.48 Å². The second kappa shape index (κ2) is 9.34. The van der Waals surface area contributed by atoms with Gasteiger partial charge in [-0.05, 0) is 24.3 Å². The van der Waals surface area contributed by atoms with E-state index in [-0.39, 0.29) is 17.0 Å². The molecule has 35 heavy (non-hydrogen) atoms. The predicted octanol–water partition coefficient (Wildman–Crippen LogP) is 4.60. The molecule has 0 saturated heterocycles. The minimum atomic E-state index is -0.519. The van der Waals surface area contributed by atoms with E-state index in [1.165, 1.54) is 12.1 Å². The highest BCUT2D eigenvalue weighted by atomic mass is 19.1. The zero-order chi connectivity index (χ0) is 24.4. The van der Waals surface area contributed by atoms with E-state index in [9.17, 15) is 9.18 Å². The van der Waals surface area contributed by atoms with Crippen LogP contribution in [0.25, 0.3) is 22.2 Å². The summed E-state index contributed by atoms with van der Waals surface area (Å²) >= 11 is 0. The van der Waals surface area contributed by atoms with Crippen molar-refractivity contribution in [2.45, 2.75) is 13.1 Å². The molecule has 9 nitrogen and oxygen atoms in total. The molecule has 0 aliphatic rings. The van der Waals surface area contributed by atoms with Crippen molar-refractivity contribution in [3.63, 3.8) is 0 Å². The van der Waals surface area contributed by atoms with Gasteiger partial charge in [-0.15, -0.1) is 0 Å². The molecular weight excluding hydrogens is 453 g/mol. The van der Waals surface area contributed by atoms with Crippen LogP contribution in [0.1, 0.15) is 10.5 Å². The number of ether oxygens (including phenoxy) is 2. The first-order chi connectivity index (χ1) is 17.1. The molecule has 1 amide bonds. The van der Waals surface area contributed by atoms with E-state index < -0.39 is 11.7 Å². The van der Waals surface area contributed by atoms with Crippen molar-refractivity contribution < 1.29 is 23.1 Å². The normalized spacial score (nSPS) is 11.1. The average Bonchev–Trinajstić information content (AvgIpc) is 3.62. The van der Waals surface area contributed by atoms with Crippen LogP contribution in [0.3, 0.4) is 0 Å². The second-order valence-electron chi connectivity index (χ2n) is 7.73. The van der Waals surface area contributed by atoms with E-state index in [1.807, 2.05) is 24.4 Å². The van der Waals surface area contributed by atoms with Crippen LogP contribution in [-0.4, -0.2) is 39.5 Å². The Bertz CT molecular complexity index is 1500. The fourth-order valence-electron chi connectivity index (χ4n) is 3.91. The molecule has 0 aliphatic heterocycles. The number of oxazole rings is 1. The van der Waals surface area contributed by atoms with Gasteiger partial charge in [0, 0.05) is 30.4 Å². The van der Waals surface area contributed by atoms with E-state index in [2.05, 4.69) is 20.0 Å². The molecule has 0 radical (unpaired) electrons. The first-order valence-electron chi connectivity index (χ1n) is 10.8. The maximum absolute atomic E-state index is 14.2. The summed E-state index contributed by atoms with van der Waals surface area (Å²) in [4.78, 5) is 16.7. The SMILES string of the molecule is COc1cc2ccn(CCn3cc(NC(=O)c4ncoc4-c4ccccc4F)cn3)c2cc1OC. The Morgan fingerprint density at radius 3 is 2.71 bits per heavy atom. The Hall–Kier alpha value is -4.60. The monoisotopic (exact) mass is 475 g/mol. The number of hydrogen-bond acceptors (Lipinski definition) is 6. The second-order valence-corrected chi connectivity index (χ2v) is 7.73. The topological polar surface area (TPSA) is 96.3 Å². The average molecular weight is 475 g/mol. The minimum absolute atomic E-state index is 0.00830. The van der Waals surface area contributed by atoms with Crippen LogP contribution in [0.15, 0.2) is 71.9 Å². The molecule has 0 atom stereocenters. The molecule has 0 unspecified atom stereocenters. The fraction of sp³-hybridized carbons (Fsp3) is 0.160. The number of methoxy groups -OCH3 is 2. The number of nitrogens with one attached hydrogen (secondary N) is 1. The van der Waals surface area contributed by atoms with Gasteiger partial charge in [0.1, 0.15) is 5.82 Å². The van der Waals surface area contributed by atoms with Gasteiger partial charge in [-0.1, -0.05) is 12.1 Å². The van der Waals surface area contributed by atoms with Crippen molar-refractivity contribution in [2.75, 3.05) is 19.5 Å². The number of hydrogen-bond donors (Lipinski definition) is 1. The van der Waals surface area contributed by atoms with Crippen molar-refractivity contribution in [1.29, 1.82) is 0 Å². The summed E-state index contributed by atoms with van der Waals surface area (Å²) in [7, 11) is 3.22. The van der Waals surface area contributed by atoms with Gasteiger partial charge in [-0.25, -0.2) is 9.37 Å². The van der Waals surface area contributed by atoms with Crippen LogP contribution < -0.4 is 14.8 Å². The van der Waals surface area contributed by atoms with E-state index in [1.54, 1.807) is 43.4 Å². The largest absolute Gasteiger partial charge is 0.493 e. The van der Waals surface area contributed by atoms with Gasteiger partial charge < -0.3 is 23.8 Å². The van der Waals surface area contributed by atoms with E-state index in [0.717, 1.165) is 17.3 Å². The lowest BCUT2D eigenvalue weighted by molar-refractivity contribution is 0.102. The summed E-state index contributed by atoms with van der Waals surface area (Å²) in [5.74, 6) is 0.385. The number of aromatic nitrogens is 4. The van der Waals surface area contributed by atoms with Crippen LogP contribution >= 0.6 is 0 Å². The molecule has 3 heterocycles. The summed E-state index contributed by atoms with van der Waals surface area (Å²) in [6.45, 7) is 1.22. The van der Waals surface area contributed by atoms with Gasteiger partial charge in [0.2, 0.25) is 0 Å². The molecule has 178 valence electrons. The van der Waals surface area contributed by atoms with Crippen LogP contribution in [0, 0.1) is 5.82 Å². The number of carbonyl (C=O) groups excluding carboxylic acids is 1. The summed E-state index contributed by atoms with van der Waals surface area (Å²) in [5.41, 5.74) is 1.65. The molecule has 10 heteroatoms. The predicted molar refractivity (Wildman–Crippen MR) is 127 cm³/mol. The van der Waals surface area contributed by atoms with Crippen LogP contribution in [0.2, 0.25) is 0 Å². The lowest BCUT2D eigenvalue weighted by Crippen LogP contribution is -2.13. The van der Waals surface area contributed by atoms with Crippen molar-refractivity contribution in [3.05, 3.63) is 79.0 Å². The Morgan fingerprint density at radius 1 is 1.11 bits per heavy atom. The number of aryl methyl sites for hydroxylation is 2. The molecule has 0 bridgehead atoms. The molecule has 5 aromatic rings. The van der Waals surface area contributed by atoms with Gasteiger partial charge in [0.25, 0.3) is 5.91 Å². The summed E-state index contributed by atoms with van der Waals surface area (Å²) < 4.78 is 34.0. The summed E-state index contributed by atoms with van der Waals surface area (Å²) in [5, 5.41) is 8.10. The van der Waals surface area contributed by atoms with E-state index >= 15 is 0 Å². The third-order valence-electron chi connectivity index (χ3n) is 5.64. The highest BCUT2D eigenvalue weighted by Gasteiger charge is 2.21. The Balaban J connectivity index is 1.28. The lowest BCUT2D eigenvalue weighted by Gasteiger charge is -2.10. The molecule has 0 fully saturated rings. The molecule has 2 aromatic carbocycles. The van der Waals surface area contributed by atoms with E-state index in [0.29, 0.717) is 30.3 Å². The van der Waals surface area contributed by atoms with Crippen LogP contribution in [0.4, 0.5) is 10.1 Å². The number of amides is 1. The van der Waals surface area contributed by atoms with Crippen molar-refractivity contribution in [3.8, 4) is 22.8 Å². The van der Waals surface area contributed by atoms with Crippen LogP contribution in [0.5, 0.6) is 11.5 Å². The molecular formula is C25H22FN5O4. The third-order valence-corrected chi connectivity index (χ3v) is 5.64. The maximum atomic E-state index is 14.2. The molecule has 1 N–H and O–H groups in total. The van der Waals surface area contributed by atoms with Gasteiger partial charge >= 0.3 is 0 Å². The Labute approximate surface area is 199 Å². The Kier molecular flexibility index (Phi) is 5.92. The van der Waals surface area contributed by atoms with Crippen LogP contribution in [-0.2, 0) is 13.1 Å². The van der Waals surface area contributed by atoms with Crippen molar-refractivity contribution in [1.82, 2.24) is 19.3 Å². The number of carbonyl (C=O) groups is 1. The first-order valence-corrected chi connectivity index (χ1v) is 10.8. The molecule has 0 aliphatic carbocycles. The van der Waals surface area contributed by atoms with Crippen molar-refractivity contribution in [2.24, 2.45) is 0 Å². The number of nitrogens with zero attached hydrogens (tertiary/aromatic N) is 4. The van der Waals surface area contributed by atoms with Gasteiger partial charge in [0.15, 0.2) is 29.3 Å². The summed E-state index contributed by atoms with van der Waals surface area (Å²) in [6.07, 6.45) is 6.37. The van der Waals surface area contributed by atoms with Gasteiger partial charge in [-0.2, -0.15) is 5.10 Å². The Morgan fingerprint density at radius 2 is 1.91 bits per heavy atom. The molecule has 0 saturated carbocycles. The first kappa shape index (κ1) is 22.2. The lowest BCUT2D eigenvalue weighted by atomic mass is 10.1. The molecule has 0 spiro atoms. The number of benzene rings is 2. The maximum Gasteiger partial charge on any atom is 0.278 e. The highest BCUT2D eigenvalue weighted by Crippen LogP contribution is 2.32. The zero-order valence-corrected chi connectivity index (χ0v) is 19.1. The zero-order valence-electron chi connectivity index (χ0n) is 19.1. The van der Waals surface area contributed by atoms with Gasteiger partial charge in [0.05, 0.1) is 43.7 Å². The highest BCUT2D eigenvalue weighted by molar-refractivity contribution is 6.06. The number of rotatable bonds is 8. The standard InChI is InChI=1S/C25H22FN5O4/c1-33-21-11-16-7-8-30(20(16)12-22(21)34-2)9-10-31-14-17(13-28-31)29-25(32)23-24(35-15-27-23)18-5-3-4-6-19(18)26/h3-8,11-15H,9-10H2,1-2H3,(H,29,32). The van der Waals surface area contributed by atoms with Crippen molar-refractivity contribution >= 4 is 22.5 Å². The smallest absolute Gasteiger partial charge is 0.278 e.